The Morgan fingerprint density at radius 3 is 2.06 bits per heavy atom. The van der Waals surface area contributed by atoms with Crippen molar-refractivity contribution in [3.63, 3.8) is 0 Å². The lowest BCUT2D eigenvalue weighted by atomic mass is 10.1. The molecule has 0 spiro atoms. The number of aliphatic carboxylic acids is 3. The summed E-state index contributed by atoms with van der Waals surface area (Å²) in [7, 11) is 0. The summed E-state index contributed by atoms with van der Waals surface area (Å²) >= 11 is 0. The zero-order chi connectivity index (χ0) is 25.1. The molecule has 0 saturated carbocycles. The number of amides is 3. The molecule has 1 heterocycles. The Labute approximate surface area is 189 Å². The first-order chi connectivity index (χ1) is 15.5. The topological polar surface area (TPSA) is 242 Å². The van der Waals surface area contributed by atoms with Crippen molar-refractivity contribution in [1.29, 1.82) is 0 Å². The van der Waals surface area contributed by atoms with E-state index in [0.717, 1.165) is 4.90 Å². The molecule has 3 amide bonds. The average molecular weight is 473 g/mol. The average Bonchev–Trinajstić information content (AvgIpc) is 3.21. The Morgan fingerprint density at radius 2 is 1.52 bits per heavy atom. The summed E-state index contributed by atoms with van der Waals surface area (Å²) in [6.07, 6.45) is 0.243. The van der Waals surface area contributed by atoms with Crippen molar-refractivity contribution in [2.75, 3.05) is 13.1 Å². The minimum Gasteiger partial charge on any atom is -0.481 e. The third-order valence-corrected chi connectivity index (χ3v) is 5.13. The number of carboxylic acid groups (broad SMARTS) is 3. The number of nitrogens with zero attached hydrogens (tertiary/aromatic N) is 1. The molecule has 4 atom stereocenters. The Bertz CT molecular complexity index is 760. The first-order valence-corrected chi connectivity index (χ1v) is 10.5. The van der Waals surface area contributed by atoms with Crippen LogP contribution in [0.3, 0.4) is 0 Å². The van der Waals surface area contributed by atoms with Gasteiger partial charge in [0, 0.05) is 6.54 Å². The van der Waals surface area contributed by atoms with Crippen molar-refractivity contribution in [3.05, 3.63) is 0 Å². The van der Waals surface area contributed by atoms with Gasteiger partial charge in [0.15, 0.2) is 0 Å². The van der Waals surface area contributed by atoms with E-state index in [-0.39, 0.29) is 19.4 Å². The van der Waals surface area contributed by atoms with Crippen molar-refractivity contribution >= 4 is 35.6 Å². The first-order valence-electron chi connectivity index (χ1n) is 10.5. The first kappa shape index (κ1) is 27.8. The Morgan fingerprint density at radius 1 is 0.909 bits per heavy atom. The molecule has 1 rings (SSSR count). The van der Waals surface area contributed by atoms with E-state index in [9.17, 15) is 33.9 Å². The smallest absolute Gasteiger partial charge is 0.326 e. The second-order valence-electron chi connectivity index (χ2n) is 7.74. The number of likely N-dealkylation sites (tertiary alicyclic amines) is 1. The van der Waals surface area contributed by atoms with Gasteiger partial charge >= 0.3 is 17.9 Å². The Hall–Kier alpha value is -3.26. The van der Waals surface area contributed by atoms with Gasteiger partial charge in [-0.25, -0.2) is 4.79 Å². The zero-order valence-electron chi connectivity index (χ0n) is 18.1. The van der Waals surface area contributed by atoms with Gasteiger partial charge < -0.3 is 42.3 Å². The fraction of sp³-hybridized carbons (Fsp3) is 0.684. The summed E-state index contributed by atoms with van der Waals surface area (Å²) < 4.78 is 0. The molecule has 14 heteroatoms. The molecule has 0 aromatic heterocycles. The third kappa shape index (κ3) is 9.02. The quantitative estimate of drug-likeness (QED) is 0.129. The summed E-state index contributed by atoms with van der Waals surface area (Å²) in [5.41, 5.74) is 10.9. The number of hydrogen-bond donors (Lipinski definition) is 7. The Balaban J connectivity index is 3.00. The molecule has 9 N–H and O–H groups in total. The van der Waals surface area contributed by atoms with E-state index >= 15 is 0 Å². The van der Waals surface area contributed by atoms with E-state index in [0.29, 0.717) is 25.8 Å². The van der Waals surface area contributed by atoms with Gasteiger partial charge in [0.05, 0.1) is 18.9 Å². The van der Waals surface area contributed by atoms with Crippen LogP contribution in [0.2, 0.25) is 0 Å². The highest BCUT2D eigenvalue weighted by atomic mass is 16.4. The largest absolute Gasteiger partial charge is 0.481 e. The van der Waals surface area contributed by atoms with E-state index in [1.165, 1.54) is 0 Å². The highest BCUT2D eigenvalue weighted by Crippen LogP contribution is 2.20. The minimum atomic E-state index is -1.63. The number of nitrogens with one attached hydrogen (secondary N) is 2. The molecule has 0 aliphatic carbocycles. The van der Waals surface area contributed by atoms with Crippen LogP contribution in [0.5, 0.6) is 0 Å². The summed E-state index contributed by atoms with van der Waals surface area (Å²) in [5, 5.41) is 31.7. The van der Waals surface area contributed by atoms with Gasteiger partial charge in [0.1, 0.15) is 18.1 Å². The van der Waals surface area contributed by atoms with E-state index < -0.39 is 72.6 Å². The van der Waals surface area contributed by atoms with Gasteiger partial charge in [0.25, 0.3) is 0 Å². The van der Waals surface area contributed by atoms with E-state index in [2.05, 4.69) is 10.6 Å². The normalized spacial score (nSPS) is 18.1. The van der Waals surface area contributed by atoms with Crippen LogP contribution in [0.15, 0.2) is 0 Å². The molecule has 1 aliphatic heterocycles. The van der Waals surface area contributed by atoms with Crippen LogP contribution < -0.4 is 22.1 Å². The van der Waals surface area contributed by atoms with Gasteiger partial charge in [0.2, 0.25) is 17.7 Å². The van der Waals surface area contributed by atoms with Crippen molar-refractivity contribution < 1.29 is 44.1 Å². The maximum Gasteiger partial charge on any atom is 0.326 e. The maximum atomic E-state index is 13.0. The summed E-state index contributed by atoms with van der Waals surface area (Å²) in [6, 6.07) is -5.34. The van der Waals surface area contributed by atoms with E-state index in [1.54, 1.807) is 0 Å². The highest BCUT2D eigenvalue weighted by Gasteiger charge is 2.38. The molecule has 0 aromatic carbocycles. The standard InChI is InChI=1S/C19H31N5O9/c20-6-2-1-4-11(18(31)24-7-3-5-13(24)19(32)33)22-17(30)12(9-15(27)28)23-16(29)10(21)8-14(25)26/h10-13H,1-9,20-21H2,(H,22,30)(H,23,29)(H,25,26)(H,27,28)(H,32,33). The van der Waals surface area contributed by atoms with Gasteiger partial charge in [-0.1, -0.05) is 0 Å². The summed E-state index contributed by atoms with van der Waals surface area (Å²) in [5.74, 6) is -6.63. The van der Waals surface area contributed by atoms with Gasteiger partial charge in [-0.3, -0.25) is 24.0 Å². The molecule has 33 heavy (non-hydrogen) atoms. The lowest BCUT2D eigenvalue weighted by Crippen LogP contribution is -2.57. The van der Waals surface area contributed by atoms with Crippen LogP contribution in [0, 0.1) is 0 Å². The lowest BCUT2D eigenvalue weighted by molar-refractivity contribution is -0.149. The Kier molecular flexibility index (Phi) is 11.2. The predicted octanol–water partition coefficient (Wildman–Crippen LogP) is -2.56. The fourth-order valence-electron chi connectivity index (χ4n) is 3.45. The van der Waals surface area contributed by atoms with Gasteiger partial charge in [-0.2, -0.15) is 0 Å². The number of carbonyl (C=O) groups excluding carboxylic acids is 3. The molecule has 4 unspecified atom stereocenters. The predicted molar refractivity (Wildman–Crippen MR) is 112 cm³/mol. The van der Waals surface area contributed by atoms with Gasteiger partial charge in [-0.15, -0.1) is 0 Å². The van der Waals surface area contributed by atoms with Crippen molar-refractivity contribution in [1.82, 2.24) is 15.5 Å². The number of rotatable bonds is 14. The van der Waals surface area contributed by atoms with Crippen LogP contribution >= 0.6 is 0 Å². The lowest BCUT2D eigenvalue weighted by Gasteiger charge is -2.28. The maximum absolute atomic E-state index is 13.0. The number of unbranched alkanes of at least 4 members (excludes halogenated alkanes) is 1. The minimum absolute atomic E-state index is 0.122. The highest BCUT2D eigenvalue weighted by molar-refractivity contribution is 5.96. The van der Waals surface area contributed by atoms with Crippen LogP contribution in [-0.2, 0) is 28.8 Å². The van der Waals surface area contributed by atoms with Gasteiger partial charge in [-0.05, 0) is 38.6 Å². The molecule has 0 bridgehead atoms. The van der Waals surface area contributed by atoms with Crippen molar-refractivity contribution in [2.45, 2.75) is 69.1 Å². The van der Waals surface area contributed by atoms with Crippen molar-refractivity contribution in [3.8, 4) is 0 Å². The number of nitrogens with two attached hydrogens (primary N) is 2. The zero-order valence-corrected chi connectivity index (χ0v) is 18.1. The number of carbonyl (C=O) groups is 6. The molecule has 1 aliphatic rings. The monoisotopic (exact) mass is 473 g/mol. The second kappa shape index (κ2) is 13.3. The summed E-state index contributed by atoms with van der Waals surface area (Å²) in [4.78, 5) is 72.4. The molecule has 186 valence electrons. The number of carboxylic acids is 3. The third-order valence-electron chi connectivity index (χ3n) is 5.13. The van der Waals surface area contributed by atoms with E-state index in [4.69, 9.17) is 21.7 Å². The van der Waals surface area contributed by atoms with Crippen LogP contribution in [0.4, 0.5) is 0 Å². The van der Waals surface area contributed by atoms with Crippen LogP contribution in [0.25, 0.3) is 0 Å². The molecule has 14 nitrogen and oxygen atoms in total. The second-order valence-corrected chi connectivity index (χ2v) is 7.74. The molecule has 0 aromatic rings. The molecule has 1 fully saturated rings. The summed E-state index contributed by atoms with van der Waals surface area (Å²) in [6.45, 7) is 0.522. The molecular formula is C19H31N5O9. The van der Waals surface area contributed by atoms with Crippen molar-refractivity contribution in [2.24, 2.45) is 11.5 Å². The molecule has 1 saturated heterocycles. The van der Waals surface area contributed by atoms with Crippen LogP contribution in [-0.4, -0.2) is 93.1 Å². The van der Waals surface area contributed by atoms with E-state index in [1.807, 2.05) is 0 Å². The molecular weight excluding hydrogens is 442 g/mol. The molecule has 0 radical (unpaired) electrons. The SMILES string of the molecule is NCCCCC(NC(=O)C(CC(=O)O)NC(=O)C(N)CC(=O)O)C(=O)N1CCCC1C(=O)O. The number of hydrogen-bond acceptors (Lipinski definition) is 8. The fourth-order valence-corrected chi connectivity index (χ4v) is 3.45. The van der Waals surface area contributed by atoms with Crippen LogP contribution in [0.1, 0.15) is 44.9 Å².